The molecule has 0 aliphatic heterocycles. The third-order valence-electron chi connectivity index (χ3n) is 3.07. The van der Waals surface area contributed by atoms with Gasteiger partial charge in [0.05, 0.1) is 0 Å². The zero-order chi connectivity index (χ0) is 14.5. The first-order chi connectivity index (χ1) is 9.58. The second-order valence-electron chi connectivity index (χ2n) is 5.03. The van der Waals surface area contributed by atoms with Gasteiger partial charge in [-0.05, 0) is 24.1 Å². The summed E-state index contributed by atoms with van der Waals surface area (Å²) in [7, 11) is 1.76. The monoisotopic (exact) mass is 273 g/mol. The molecular formula is C14H19N5O. The first-order valence-corrected chi connectivity index (χ1v) is 6.64. The molecule has 6 nitrogen and oxygen atoms in total. The van der Waals surface area contributed by atoms with Crippen molar-refractivity contribution in [3.63, 3.8) is 0 Å². The SMILES string of the molecule is CC(C)c1nc(C(=O)N(C)CCc2ccncc2)n[nH]1. The molecule has 2 rings (SSSR count). The van der Waals surface area contributed by atoms with E-state index in [9.17, 15) is 4.79 Å². The average Bonchev–Trinajstić information content (AvgIpc) is 2.95. The number of H-pyrrole nitrogens is 1. The number of amides is 1. The molecule has 2 aromatic heterocycles. The van der Waals surface area contributed by atoms with E-state index in [1.807, 2.05) is 26.0 Å². The van der Waals surface area contributed by atoms with Gasteiger partial charge in [-0.1, -0.05) is 13.8 Å². The van der Waals surface area contributed by atoms with Gasteiger partial charge in [0.25, 0.3) is 5.91 Å². The molecule has 2 heterocycles. The van der Waals surface area contributed by atoms with Crippen LogP contribution in [-0.4, -0.2) is 44.6 Å². The maximum Gasteiger partial charge on any atom is 0.293 e. The number of nitrogens with one attached hydrogen (secondary N) is 1. The highest BCUT2D eigenvalue weighted by atomic mass is 16.2. The lowest BCUT2D eigenvalue weighted by Crippen LogP contribution is -2.29. The fourth-order valence-corrected chi connectivity index (χ4v) is 1.75. The molecule has 0 fully saturated rings. The summed E-state index contributed by atoms with van der Waals surface area (Å²) < 4.78 is 0. The maximum atomic E-state index is 12.2. The standard InChI is InChI=1S/C14H19N5O/c1-10(2)12-16-13(18-17-12)14(20)19(3)9-6-11-4-7-15-8-5-11/h4-5,7-8,10H,6,9H2,1-3H3,(H,16,17,18). The molecule has 0 aliphatic carbocycles. The van der Waals surface area contributed by atoms with Crippen LogP contribution in [0.3, 0.4) is 0 Å². The summed E-state index contributed by atoms with van der Waals surface area (Å²) in [6, 6.07) is 3.89. The average molecular weight is 273 g/mol. The van der Waals surface area contributed by atoms with Gasteiger partial charge < -0.3 is 4.90 Å². The molecule has 0 unspecified atom stereocenters. The van der Waals surface area contributed by atoms with Gasteiger partial charge in [-0.15, -0.1) is 5.10 Å². The molecule has 0 aliphatic rings. The quantitative estimate of drug-likeness (QED) is 0.898. The topological polar surface area (TPSA) is 74.8 Å². The summed E-state index contributed by atoms with van der Waals surface area (Å²) in [5.41, 5.74) is 1.15. The highest BCUT2D eigenvalue weighted by Crippen LogP contribution is 2.09. The molecule has 2 aromatic rings. The van der Waals surface area contributed by atoms with E-state index in [1.165, 1.54) is 0 Å². The van der Waals surface area contributed by atoms with E-state index in [0.717, 1.165) is 17.8 Å². The Morgan fingerprint density at radius 1 is 1.35 bits per heavy atom. The van der Waals surface area contributed by atoms with E-state index >= 15 is 0 Å². The minimum absolute atomic E-state index is 0.165. The zero-order valence-corrected chi connectivity index (χ0v) is 12.0. The van der Waals surface area contributed by atoms with Crippen molar-refractivity contribution in [2.24, 2.45) is 0 Å². The van der Waals surface area contributed by atoms with Crippen LogP contribution in [0.15, 0.2) is 24.5 Å². The summed E-state index contributed by atoms with van der Waals surface area (Å²) in [4.78, 5) is 22.0. The fourth-order valence-electron chi connectivity index (χ4n) is 1.75. The van der Waals surface area contributed by atoms with Gasteiger partial charge in [0.2, 0.25) is 5.82 Å². The first-order valence-electron chi connectivity index (χ1n) is 6.64. The molecule has 1 amide bonds. The maximum absolute atomic E-state index is 12.2. The number of aromatic amines is 1. The second-order valence-corrected chi connectivity index (χ2v) is 5.03. The largest absolute Gasteiger partial charge is 0.339 e. The van der Waals surface area contributed by atoms with Crippen molar-refractivity contribution in [3.8, 4) is 0 Å². The van der Waals surface area contributed by atoms with Gasteiger partial charge in [-0.2, -0.15) is 0 Å². The Bertz CT molecular complexity index is 564. The van der Waals surface area contributed by atoms with Crippen molar-refractivity contribution in [3.05, 3.63) is 41.7 Å². The van der Waals surface area contributed by atoms with Crippen molar-refractivity contribution in [2.45, 2.75) is 26.2 Å². The van der Waals surface area contributed by atoms with Gasteiger partial charge in [0.1, 0.15) is 5.82 Å². The molecule has 6 heteroatoms. The van der Waals surface area contributed by atoms with Crippen LogP contribution in [0, 0.1) is 0 Å². The Labute approximate surface area is 118 Å². The highest BCUT2D eigenvalue weighted by Gasteiger charge is 2.17. The van der Waals surface area contributed by atoms with Crippen molar-refractivity contribution in [1.82, 2.24) is 25.1 Å². The Morgan fingerprint density at radius 3 is 2.65 bits per heavy atom. The molecule has 106 valence electrons. The summed E-state index contributed by atoms with van der Waals surface area (Å²) >= 11 is 0. The molecular weight excluding hydrogens is 254 g/mol. The van der Waals surface area contributed by atoms with Gasteiger partial charge in [0, 0.05) is 31.9 Å². The number of pyridine rings is 1. The van der Waals surface area contributed by atoms with E-state index < -0.39 is 0 Å². The Balaban J connectivity index is 1.94. The minimum atomic E-state index is -0.165. The Kier molecular flexibility index (Phi) is 4.45. The third-order valence-corrected chi connectivity index (χ3v) is 3.07. The van der Waals surface area contributed by atoms with Gasteiger partial charge in [-0.25, -0.2) is 4.98 Å². The number of aromatic nitrogens is 4. The van der Waals surface area contributed by atoms with Crippen LogP contribution in [0.2, 0.25) is 0 Å². The van der Waals surface area contributed by atoms with Crippen LogP contribution < -0.4 is 0 Å². The molecule has 0 radical (unpaired) electrons. The minimum Gasteiger partial charge on any atom is -0.339 e. The number of likely N-dealkylation sites (N-methyl/N-ethyl adjacent to an activating group) is 1. The lowest BCUT2D eigenvalue weighted by molar-refractivity contribution is 0.0785. The molecule has 0 spiro atoms. The second kappa shape index (κ2) is 6.27. The molecule has 0 aromatic carbocycles. The smallest absolute Gasteiger partial charge is 0.293 e. The van der Waals surface area contributed by atoms with Gasteiger partial charge >= 0.3 is 0 Å². The molecule has 1 N–H and O–H groups in total. The van der Waals surface area contributed by atoms with Crippen molar-refractivity contribution >= 4 is 5.91 Å². The fraction of sp³-hybridized carbons (Fsp3) is 0.429. The highest BCUT2D eigenvalue weighted by molar-refractivity contribution is 5.90. The molecule has 20 heavy (non-hydrogen) atoms. The third kappa shape index (κ3) is 3.40. The van der Waals surface area contributed by atoms with E-state index in [1.54, 1.807) is 24.3 Å². The van der Waals surface area contributed by atoms with Crippen LogP contribution in [0.5, 0.6) is 0 Å². The van der Waals surface area contributed by atoms with Gasteiger partial charge in [-0.3, -0.25) is 14.9 Å². The van der Waals surface area contributed by atoms with Crippen LogP contribution >= 0.6 is 0 Å². The van der Waals surface area contributed by atoms with E-state index in [4.69, 9.17) is 0 Å². The normalized spacial score (nSPS) is 10.8. The van der Waals surface area contributed by atoms with Crippen LogP contribution in [0.25, 0.3) is 0 Å². The number of hydrogen-bond acceptors (Lipinski definition) is 4. The predicted octanol–water partition coefficient (Wildman–Crippen LogP) is 1.64. The molecule has 0 saturated heterocycles. The van der Waals surface area contributed by atoms with Crippen molar-refractivity contribution in [2.75, 3.05) is 13.6 Å². The summed E-state index contributed by atoms with van der Waals surface area (Å²) in [6.07, 6.45) is 4.29. The molecule has 0 bridgehead atoms. The van der Waals surface area contributed by atoms with E-state index in [2.05, 4.69) is 20.2 Å². The lowest BCUT2D eigenvalue weighted by Gasteiger charge is -2.14. The van der Waals surface area contributed by atoms with Gasteiger partial charge in [0.15, 0.2) is 0 Å². The molecule has 0 saturated carbocycles. The predicted molar refractivity (Wildman–Crippen MR) is 75.4 cm³/mol. The van der Waals surface area contributed by atoms with Crippen LogP contribution in [-0.2, 0) is 6.42 Å². The van der Waals surface area contributed by atoms with Crippen molar-refractivity contribution in [1.29, 1.82) is 0 Å². The number of hydrogen-bond donors (Lipinski definition) is 1. The van der Waals surface area contributed by atoms with Crippen LogP contribution in [0.1, 0.15) is 41.8 Å². The zero-order valence-electron chi connectivity index (χ0n) is 12.0. The number of carbonyl (C=O) groups excluding carboxylic acids is 1. The summed E-state index contributed by atoms with van der Waals surface area (Å²) in [5, 5.41) is 6.77. The van der Waals surface area contributed by atoms with Crippen LogP contribution in [0.4, 0.5) is 0 Å². The Hall–Kier alpha value is -2.24. The summed E-state index contributed by atoms with van der Waals surface area (Å²) in [6.45, 7) is 4.62. The van der Waals surface area contributed by atoms with E-state index in [-0.39, 0.29) is 17.6 Å². The van der Waals surface area contributed by atoms with E-state index in [0.29, 0.717) is 6.54 Å². The summed E-state index contributed by atoms with van der Waals surface area (Å²) in [5.74, 6) is 1.02. The number of rotatable bonds is 5. The lowest BCUT2D eigenvalue weighted by atomic mass is 10.2. The first kappa shape index (κ1) is 14.2. The number of carbonyl (C=O) groups is 1. The number of nitrogens with zero attached hydrogens (tertiary/aromatic N) is 4. The Morgan fingerprint density at radius 2 is 2.05 bits per heavy atom. The molecule has 0 atom stereocenters. The van der Waals surface area contributed by atoms with Crippen molar-refractivity contribution < 1.29 is 4.79 Å².